The number of pyridine rings is 1. The molecule has 1 aromatic rings. The van der Waals surface area contributed by atoms with E-state index in [1.807, 2.05) is 12.1 Å². The van der Waals surface area contributed by atoms with Crippen molar-refractivity contribution in [1.82, 2.24) is 4.98 Å². The van der Waals surface area contributed by atoms with Crippen LogP contribution in [-0.2, 0) is 5.41 Å². The number of aliphatic hydroxyl groups is 1. The molecule has 0 radical (unpaired) electrons. The molecule has 0 aromatic carbocycles. The number of aromatic nitrogens is 1. The van der Waals surface area contributed by atoms with Crippen LogP contribution in [0.15, 0.2) is 18.3 Å². The summed E-state index contributed by atoms with van der Waals surface area (Å²) in [6.07, 6.45) is 4.94. The normalized spacial score (nSPS) is 29.0. The van der Waals surface area contributed by atoms with Gasteiger partial charge in [-0.25, -0.2) is 4.98 Å². The molecule has 2 rings (SSSR count). The molecule has 0 aliphatic heterocycles. The largest absolute Gasteiger partial charge is 0.481 e. The van der Waals surface area contributed by atoms with E-state index in [1.165, 1.54) is 0 Å². The molecule has 94 valence electrons. The van der Waals surface area contributed by atoms with E-state index in [0.29, 0.717) is 12.4 Å². The first-order chi connectivity index (χ1) is 8.22. The number of ether oxygens (including phenoxy) is 1. The zero-order chi connectivity index (χ0) is 12.3. The maximum Gasteiger partial charge on any atom is 0.216 e. The SMILES string of the molecule is COc1ncccc1C1(CN)CCC(O)CC1. The van der Waals surface area contributed by atoms with Crippen molar-refractivity contribution in [3.63, 3.8) is 0 Å². The van der Waals surface area contributed by atoms with Gasteiger partial charge in [-0.1, -0.05) is 6.07 Å². The minimum absolute atomic E-state index is 0.0845. The summed E-state index contributed by atoms with van der Waals surface area (Å²) in [6.45, 7) is 0.571. The van der Waals surface area contributed by atoms with Crippen LogP contribution in [0.4, 0.5) is 0 Å². The Hall–Kier alpha value is -1.13. The summed E-state index contributed by atoms with van der Waals surface area (Å²) < 4.78 is 5.32. The van der Waals surface area contributed by atoms with E-state index in [9.17, 15) is 5.11 Å². The van der Waals surface area contributed by atoms with Crippen LogP contribution in [0, 0.1) is 0 Å². The zero-order valence-corrected chi connectivity index (χ0v) is 10.2. The van der Waals surface area contributed by atoms with Gasteiger partial charge < -0.3 is 15.6 Å². The molecular weight excluding hydrogens is 216 g/mol. The van der Waals surface area contributed by atoms with Gasteiger partial charge >= 0.3 is 0 Å². The highest BCUT2D eigenvalue weighted by molar-refractivity contribution is 5.35. The van der Waals surface area contributed by atoms with Gasteiger partial charge in [0.25, 0.3) is 0 Å². The maximum atomic E-state index is 9.62. The third-order valence-electron chi connectivity index (χ3n) is 3.84. The molecule has 1 aliphatic carbocycles. The van der Waals surface area contributed by atoms with Crippen LogP contribution >= 0.6 is 0 Å². The number of hydrogen-bond acceptors (Lipinski definition) is 4. The molecule has 1 saturated carbocycles. The average Bonchev–Trinajstić information content (AvgIpc) is 2.40. The third-order valence-corrected chi connectivity index (χ3v) is 3.84. The zero-order valence-electron chi connectivity index (χ0n) is 10.2. The number of nitrogens with two attached hydrogens (primary N) is 1. The highest BCUT2D eigenvalue weighted by Crippen LogP contribution is 2.41. The van der Waals surface area contributed by atoms with E-state index in [1.54, 1.807) is 13.3 Å². The Balaban J connectivity index is 2.34. The van der Waals surface area contributed by atoms with Crippen LogP contribution in [0.2, 0.25) is 0 Å². The van der Waals surface area contributed by atoms with Crippen molar-refractivity contribution in [2.24, 2.45) is 5.73 Å². The van der Waals surface area contributed by atoms with Crippen molar-refractivity contribution in [3.05, 3.63) is 23.9 Å². The third kappa shape index (κ3) is 2.28. The molecule has 1 aliphatic rings. The van der Waals surface area contributed by atoms with E-state index in [4.69, 9.17) is 10.5 Å². The summed E-state index contributed by atoms with van der Waals surface area (Å²) in [4.78, 5) is 4.24. The number of methoxy groups -OCH3 is 1. The Morgan fingerprint density at radius 1 is 1.53 bits per heavy atom. The fraction of sp³-hybridized carbons (Fsp3) is 0.615. The van der Waals surface area contributed by atoms with Crippen LogP contribution in [0.5, 0.6) is 5.88 Å². The van der Waals surface area contributed by atoms with Gasteiger partial charge in [-0.05, 0) is 31.7 Å². The molecular formula is C13H20N2O2. The summed E-state index contributed by atoms with van der Waals surface area (Å²) >= 11 is 0. The molecule has 4 nitrogen and oxygen atoms in total. The molecule has 17 heavy (non-hydrogen) atoms. The van der Waals surface area contributed by atoms with Gasteiger partial charge in [0, 0.05) is 23.7 Å². The van der Waals surface area contributed by atoms with Crippen LogP contribution in [0.3, 0.4) is 0 Å². The first-order valence-electron chi connectivity index (χ1n) is 6.09. The number of aliphatic hydroxyl groups excluding tert-OH is 1. The molecule has 0 unspecified atom stereocenters. The highest BCUT2D eigenvalue weighted by atomic mass is 16.5. The van der Waals surface area contributed by atoms with E-state index < -0.39 is 0 Å². The van der Waals surface area contributed by atoms with Crippen LogP contribution in [0.1, 0.15) is 31.2 Å². The van der Waals surface area contributed by atoms with E-state index in [-0.39, 0.29) is 11.5 Å². The summed E-state index contributed by atoms with van der Waals surface area (Å²) in [5.41, 5.74) is 6.97. The monoisotopic (exact) mass is 236 g/mol. The Morgan fingerprint density at radius 3 is 2.82 bits per heavy atom. The molecule has 4 heteroatoms. The second-order valence-corrected chi connectivity index (χ2v) is 4.78. The van der Waals surface area contributed by atoms with Gasteiger partial charge in [0.05, 0.1) is 13.2 Å². The number of nitrogens with zero attached hydrogens (tertiary/aromatic N) is 1. The van der Waals surface area contributed by atoms with Gasteiger partial charge in [-0.15, -0.1) is 0 Å². The Labute approximate surface area is 102 Å². The lowest BCUT2D eigenvalue weighted by Crippen LogP contribution is -2.40. The van der Waals surface area contributed by atoms with Crippen molar-refractivity contribution < 1.29 is 9.84 Å². The molecule has 0 bridgehead atoms. The topological polar surface area (TPSA) is 68.4 Å². The number of rotatable bonds is 3. The molecule has 0 amide bonds. The minimum atomic E-state index is -0.183. The lowest BCUT2D eigenvalue weighted by atomic mass is 9.69. The van der Waals surface area contributed by atoms with Crippen molar-refractivity contribution in [2.45, 2.75) is 37.2 Å². The molecule has 1 aromatic heterocycles. The fourth-order valence-corrected chi connectivity index (χ4v) is 2.70. The van der Waals surface area contributed by atoms with Gasteiger partial charge in [0.15, 0.2) is 0 Å². The van der Waals surface area contributed by atoms with Crippen LogP contribution in [-0.4, -0.2) is 29.8 Å². The second kappa shape index (κ2) is 5.02. The van der Waals surface area contributed by atoms with Gasteiger partial charge in [0.1, 0.15) is 0 Å². The standard InChI is InChI=1S/C13H20N2O2/c1-17-12-11(3-2-8-15-12)13(9-14)6-4-10(16)5-7-13/h2-3,8,10,16H,4-7,9,14H2,1H3. The summed E-state index contributed by atoms with van der Waals surface area (Å²) in [5.74, 6) is 0.661. The Morgan fingerprint density at radius 2 is 2.24 bits per heavy atom. The predicted molar refractivity (Wildman–Crippen MR) is 66.0 cm³/mol. The summed E-state index contributed by atoms with van der Waals surface area (Å²) in [5, 5.41) is 9.62. The molecule has 3 N–H and O–H groups in total. The van der Waals surface area contributed by atoms with Gasteiger partial charge in [-0.2, -0.15) is 0 Å². The smallest absolute Gasteiger partial charge is 0.216 e. The first kappa shape index (κ1) is 12.3. The molecule has 0 atom stereocenters. The quantitative estimate of drug-likeness (QED) is 0.828. The van der Waals surface area contributed by atoms with Gasteiger partial charge in [0.2, 0.25) is 5.88 Å². The Kier molecular flexibility index (Phi) is 3.64. The lowest BCUT2D eigenvalue weighted by molar-refractivity contribution is 0.0963. The van der Waals surface area contributed by atoms with E-state index >= 15 is 0 Å². The first-order valence-corrected chi connectivity index (χ1v) is 6.09. The van der Waals surface area contributed by atoms with Crippen molar-refractivity contribution in [3.8, 4) is 5.88 Å². The Bertz CT molecular complexity index is 373. The van der Waals surface area contributed by atoms with Crippen LogP contribution in [0.25, 0.3) is 0 Å². The van der Waals surface area contributed by atoms with Crippen molar-refractivity contribution in [2.75, 3.05) is 13.7 Å². The highest BCUT2D eigenvalue weighted by Gasteiger charge is 2.37. The molecule has 0 spiro atoms. The average molecular weight is 236 g/mol. The minimum Gasteiger partial charge on any atom is -0.481 e. The lowest BCUT2D eigenvalue weighted by Gasteiger charge is -2.38. The number of hydrogen-bond donors (Lipinski definition) is 2. The molecule has 1 heterocycles. The fourth-order valence-electron chi connectivity index (χ4n) is 2.70. The molecule has 1 fully saturated rings. The predicted octanol–water partition coefficient (Wildman–Crippen LogP) is 1.22. The summed E-state index contributed by atoms with van der Waals surface area (Å²) in [7, 11) is 1.63. The van der Waals surface area contributed by atoms with E-state index in [2.05, 4.69) is 4.98 Å². The second-order valence-electron chi connectivity index (χ2n) is 4.78. The van der Waals surface area contributed by atoms with Gasteiger partial charge in [-0.3, -0.25) is 0 Å². The maximum absolute atomic E-state index is 9.62. The molecule has 0 saturated heterocycles. The van der Waals surface area contributed by atoms with E-state index in [0.717, 1.165) is 31.2 Å². The van der Waals surface area contributed by atoms with Crippen LogP contribution < -0.4 is 10.5 Å². The van der Waals surface area contributed by atoms with Crippen molar-refractivity contribution in [1.29, 1.82) is 0 Å². The summed E-state index contributed by atoms with van der Waals surface area (Å²) in [6, 6.07) is 3.96. The van der Waals surface area contributed by atoms with Crippen molar-refractivity contribution >= 4 is 0 Å².